The van der Waals surface area contributed by atoms with Gasteiger partial charge in [-0.1, -0.05) is 89.5 Å². The van der Waals surface area contributed by atoms with E-state index in [0.717, 1.165) is 49.7 Å². The Morgan fingerprint density at radius 1 is 0.579 bits per heavy atom. The van der Waals surface area contributed by atoms with Gasteiger partial charge in [-0.05, 0) is 49.9 Å². The number of unbranched alkanes of at least 4 members (excludes halogenated alkanes) is 8. The monoisotopic (exact) mass is 522 g/mol. The summed E-state index contributed by atoms with van der Waals surface area (Å²) in [4.78, 5) is 25.3. The Hall–Kier alpha value is -3.28. The first-order valence-electron chi connectivity index (χ1n) is 14.1. The van der Waals surface area contributed by atoms with E-state index < -0.39 is 12.3 Å². The fourth-order valence-corrected chi connectivity index (χ4v) is 4.53. The van der Waals surface area contributed by atoms with Gasteiger partial charge in [0.2, 0.25) is 0 Å². The van der Waals surface area contributed by atoms with Crippen LogP contribution in [0.1, 0.15) is 89.2 Å². The van der Waals surface area contributed by atoms with Gasteiger partial charge in [-0.3, -0.25) is 0 Å². The van der Waals surface area contributed by atoms with Crippen molar-refractivity contribution < 1.29 is 28.5 Å². The summed E-state index contributed by atoms with van der Waals surface area (Å²) in [6.45, 7) is 8.97. The summed E-state index contributed by atoms with van der Waals surface area (Å²) in [6.07, 6.45) is 9.14. The minimum Gasteiger partial charge on any atom is -0.434 e. The lowest BCUT2D eigenvalue weighted by Crippen LogP contribution is -2.14. The maximum Gasteiger partial charge on any atom is 0.513 e. The molecule has 6 heteroatoms. The second-order valence-corrected chi connectivity index (χ2v) is 9.92. The first kappa shape index (κ1) is 29.3. The van der Waals surface area contributed by atoms with Gasteiger partial charge in [-0.2, -0.15) is 0 Å². The molecule has 3 aromatic carbocycles. The highest BCUT2D eigenvalue weighted by atomic mass is 16.7. The first-order chi connectivity index (χ1) is 18.5. The van der Waals surface area contributed by atoms with E-state index >= 15 is 0 Å². The van der Waals surface area contributed by atoms with Gasteiger partial charge < -0.3 is 18.9 Å². The largest absolute Gasteiger partial charge is 0.513 e. The van der Waals surface area contributed by atoms with Crippen molar-refractivity contribution in [3.8, 4) is 11.5 Å². The minimum atomic E-state index is -0.735. The van der Waals surface area contributed by atoms with Crippen LogP contribution in [0.15, 0.2) is 36.4 Å². The molecule has 6 nitrogen and oxygen atoms in total. The number of aryl methyl sites for hydroxylation is 2. The summed E-state index contributed by atoms with van der Waals surface area (Å²) in [7, 11) is 0. The van der Waals surface area contributed by atoms with Gasteiger partial charge in [0.1, 0.15) is 11.5 Å². The number of fused-ring (bicyclic) bond motifs is 2. The van der Waals surface area contributed by atoms with Crippen LogP contribution in [0.5, 0.6) is 11.5 Å². The Morgan fingerprint density at radius 2 is 0.974 bits per heavy atom. The number of carbonyl (C=O) groups excluding carboxylic acids is 2. The smallest absolute Gasteiger partial charge is 0.434 e. The van der Waals surface area contributed by atoms with Crippen LogP contribution in [0.2, 0.25) is 0 Å². The molecule has 3 rings (SSSR count). The van der Waals surface area contributed by atoms with Gasteiger partial charge in [-0.15, -0.1) is 0 Å². The SMILES string of the molecule is CCCCCCCOC(=O)Oc1c2ccccc2c(OC(=O)OCCCCCCC)c2cc(C)c(C)cc12. The van der Waals surface area contributed by atoms with Gasteiger partial charge >= 0.3 is 12.3 Å². The molecule has 0 saturated carbocycles. The molecule has 206 valence electrons. The Morgan fingerprint density at radius 3 is 1.37 bits per heavy atom. The number of hydrogen-bond acceptors (Lipinski definition) is 6. The molecule has 0 spiro atoms. The summed E-state index contributed by atoms with van der Waals surface area (Å²) in [5.74, 6) is 0.789. The quantitative estimate of drug-likeness (QED) is 0.0908. The molecule has 0 fully saturated rings. The van der Waals surface area contributed by atoms with E-state index in [0.29, 0.717) is 46.3 Å². The topological polar surface area (TPSA) is 71.1 Å². The highest BCUT2D eigenvalue weighted by Gasteiger charge is 2.22. The predicted octanol–water partition coefficient (Wildman–Crippen LogP) is 9.58. The van der Waals surface area contributed by atoms with Crippen molar-refractivity contribution in [2.24, 2.45) is 0 Å². The fourth-order valence-electron chi connectivity index (χ4n) is 4.53. The lowest BCUT2D eigenvalue weighted by Gasteiger charge is -2.17. The molecule has 0 atom stereocenters. The minimum absolute atomic E-state index is 0.321. The normalized spacial score (nSPS) is 11.1. The zero-order valence-electron chi connectivity index (χ0n) is 23.4. The Bertz CT molecular complexity index is 1120. The maximum absolute atomic E-state index is 12.7. The number of benzene rings is 3. The van der Waals surface area contributed by atoms with Crippen molar-refractivity contribution in [1.29, 1.82) is 0 Å². The van der Waals surface area contributed by atoms with Gasteiger partial charge in [0.05, 0.1) is 13.2 Å². The lowest BCUT2D eigenvalue weighted by molar-refractivity contribution is 0.0965. The molecule has 3 aromatic rings. The van der Waals surface area contributed by atoms with E-state index in [-0.39, 0.29) is 0 Å². The number of hydrogen-bond donors (Lipinski definition) is 0. The highest BCUT2D eigenvalue weighted by Crippen LogP contribution is 2.44. The van der Waals surface area contributed by atoms with Crippen LogP contribution in [0, 0.1) is 13.8 Å². The second kappa shape index (κ2) is 15.2. The molecule has 0 heterocycles. The lowest BCUT2D eigenvalue weighted by atomic mass is 9.96. The first-order valence-corrected chi connectivity index (χ1v) is 14.1. The van der Waals surface area contributed by atoms with Crippen LogP contribution in [0.3, 0.4) is 0 Å². The summed E-state index contributed by atoms with van der Waals surface area (Å²) < 4.78 is 22.4. The molecule has 0 N–H and O–H groups in total. The van der Waals surface area contributed by atoms with Crippen molar-refractivity contribution in [2.75, 3.05) is 13.2 Å². The second-order valence-electron chi connectivity index (χ2n) is 9.92. The Balaban J connectivity index is 1.85. The fraction of sp³-hybridized carbons (Fsp3) is 0.500. The summed E-state index contributed by atoms with van der Waals surface area (Å²) >= 11 is 0. The molecule has 0 unspecified atom stereocenters. The van der Waals surface area contributed by atoms with Crippen molar-refractivity contribution in [1.82, 2.24) is 0 Å². The molecule has 0 radical (unpaired) electrons. The average molecular weight is 523 g/mol. The zero-order valence-corrected chi connectivity index (χ0v) is 23.4. The highest BCUT2D eigenvalue weighted by molar-refractivity contribution is 6.12. The number of ether oxygens (including phenoxy) is 4. The van der Waals surface area contributed by atoms with Crippen molar-refractivity contribution in [3.05, 3.63) is 47.5 Å². The Labute approximate surface area is 226 Å². The molecular weight excluding hydrogens is 480 g/mol. The van der Waals surface area contributed by atoms with Crippen molar-refractivity contribution in [2.45, 2.75) is 91.9 Å². The van der Waals surface area contributed by atoms with E-state index in [1.807, 2.05) is 50.2 Å². The van der Waals surface area contributed by atoms with Gasteiger partial charge in [0, 0.05) is 21.5 Å². The summed E-state index contributed by atoms with van der Waals surface area (Å²) in [5.41, 5.74) is 2.06. The van der Waals surface area contributed by atoms with E-state index in [1.165, 1.54) is 25.7 Å². The third kappa shape index (κ3) is 8.11. The standard InChI is InChI=1S/C32H42O6/c1-5-7-9-11-15-19-35-31(33)37-29-25-17-13-14-18-26(25)30(28-22-24(4)23(3)21-27(28)29)38-32(34)36-20-16-12-10-8-6-2/h13-14,17-18,21-22H,5-12,15-16,19-20H2,1-4H3. The molecular formula is C32H42O6. The predicted molar refractivity (Wildman–Crippen MR) is 152 cm³/mol. The molecule has 0 bridgehead atoms. The van der Waals surface area contributed by atoms with Crippen LogP contribution >= 0.6 is 0 Å². The molecule has 0 aliphatic rings. The van der Waals surface area contributed by atoms with E-state index in [4.69, 9.17) is 18.9 Å². The van der Waals surface area contributed by atoms with Crippen molar-refractivity contribution >= 4 is 33.9 Å². The average Bonchev–Trinajstić information content (AvgIpc) is 2.91. The van der Waals surface area contributed by atoms with E-state index in [2.05, 4.69) is 13.8 Å². The summed E-state index contributed by atoms with van der Waals surface area (Å²) in [5, 5.41) is 2.67. The number of carbonyl (C=O) groups is 2. The van der Waals surface area contributed by atoms with Crippen LogP contribution in [0.4, 0.5) is 9.59 Å². The van der Waals surface area contributed by atoms with E-state index in [9.17, 15) is 9.59 Å². The molecule has 38 heavy (non-hydrogen) atoms. The zero-order chi connectivity index (χ0) is 27.3. The Kier molecular flexibility index (Phi) is 11.7. The molecule has 0 aliphatic carbocycles. The number of rotatable bonds is 14. The van der Waals surface area contributed by atoms with Crippen LogP contribution in [-0.2, 0) is 9.47 Å². The van der Waals surface area contributed by atoms with Crippen molar-refractivity contribution in [3.63, 3.8) is 0 Å². The molecule has 0 saturated heterocycles. The van der Waals surface area contributed by atoms with Crippen LogP contribution < -0.4 is 9.47 Å². The van der Waals surface area contributed by atoms with Gasteiger partial charge in [0.15, 0.2) is 0 Å². The van der Waals surface area contributed by atoms with Crippen LogP contribution in [0.25, 0.3) is 21.5 Å². The van der Waals surface area contributed by atoms with Gasteiger partial charge in [0.25, 0.3) is 0 Å². The van der Waals surface area contributed by atoms with Gasteiger partial charge in [-0.25, -0.2) is 9.59 Å². The maximum atomic E-state index is 12.7. The molecule has 0 aromatic heterocycles. The summed E-state index contributed by atoms with van der Waals surface area (Å²) in [6, 6.07) is 11.3. The molecule has 0 aliphatic heterocycles. The molecule has 0 amide bonds. The van der Waals surface area contributed by atoms with E-state index in [1.54, 1.807) is 0 Å². The van der Waals surface area contributed by atoms with Crippen LogP contribution in [-0.4, -0.2) is 25.5 Å². The third-order valence-electron chi connectivity index (χ3n) is 6.85. The third-order valence-corrected chi connectivity index (χ3v) is 6.85.